The standard InChI is InChI=1S/C13H15BrN4O/c1-18(13-11(14)12(15)16-8-17-13)7-9-3-5-10(19-2)6-4-9/h3-6,8H,7H2,1-2H3,(H2,15,16,17). The van der Waals surface area contributed by atoms with Gasteiger partial charge in [0.1, 0.15) is 28.2 Å². The molecule has 5 nitrogen and oxygen atoms in total. The van der Waals surface area contributed by atoms with Gasteiger partial charge in [-0.2, -0.15) is 0 Å². The molecule has 1 heterocycles. The number of ether oxygens (including phenoxy) is 1. The van der Waals surface area contributed by atoms with Gasteiger partial charge in [0, 0.05) is 13.6 Å². The molecule has 0 aliphatic heterocycles. The summed E-state index contributed by atoms with van der Waals surface area (Å²) in [5.41, 5.74) is 6.91. The first-order chi connectivity index (χ1) is 9.11. The highest BCUT2D eigenvalue weighted by molar-refractivity contribution is 9.10. The molecular weight excluding hydrogens is 308 g/mol. The molecule has 0 unspecified atom stereocenters. The van der Waals surface area contributed by atoms with Crippen LogP contribution in [0.5, 0.6) is 5.75 Å². The van der Waals surface area contributed by atoms with E-state index in [1.54, 1.807) is 7.11 Å². The Balaban J connectivity index is 2.15. The van der Waals surface area contributed by atoms with E-state index >= 15 is 0 Å². The van der Waals surface area contributed by atoms with E-state index in [0.29, 0.717) is 10.3 Å². The molecule has 2 rings (SSSR count). The molecular formula is C13H15BrN4O. The fourth-order valence-corrected chi connectivity index (χ4v) is 2.23. The summed E-state index contributed by atoms with van der Waals surface area (Å²) in [6, 6.07) is 7.92. The highest BCUT2D eigenvalue weighted by Crippen LogP contribution is 2.27. The number of nitrogens with zero attached hydrogens (tertiary/aromatic N) is 3. The Labute approximate surface area is 120 Å². The molecule has 2 aromatic rings. The number of anilines is 2. The fraction of sp³-hybridized carbons (Fsp3) is 0.231. The average molecular weight is 323 g/mol. The summed E-state index contributed by atoms with van der Waals surface area (Å²) in [7, 11) is 3.61. The second-order valence-corrected chi connectivity index (χ2v) is 4.89. The Morgan fingerprint density at radius 2 is 1.95 bits per heavy atom. The van der Waals surface area contributed by atoms with Crippen LogP contribution in [0.2, 0.25) is 0 Å². The van der Waals surface area contributed by atoms with Crippen molar-refractivity contribution in [1.82, 2.24) is 9.97 Å². The monoisotopic (exact) mass is 322 g/mol. The summed E-state index contributed by atoms with van der Waals surface area (Å²) >= 11 is 3.41. The van der Waals surface area contributed by atoms with Crippen LogP contribution in [-0.4, -0.2) is 24.1 Å². The van der Waals surface area contributed by atoms with Gasteiger partial charge in [0.15, 0.2) is 0 Å². The van der Waals surface area contributed by atoms with Crippen molar-refractivity contribution >= 4 is 27.6 Å². The Kier molecular flexibility index (Phi) is 4.21. The number of rotatable bonds is 4. The second-order valence-electron chi connectivity index (χ2n) is 4.10. The first-order valence-corrected chi connectivity index (χ1v) is 6.51. The summed E-state index contributed by atoms with van der Waals surface area (Å²) < 4.78 is 5.85. The zero-order valence-corrected chi connectivity index (χ0v) is 12.4. The third-order valence-corrected chi connectivity index (χ3v) is 3.50. The molecule has 0 radical (unpaired) electrons. The van der Waals surface area contributed by atoms with E-state index in [1.807, 2.05) is 36.2 Å². The smallest absolute Gasteiger partial charge is 0.148 e. The minimum atomic E-state index is 0.437. The van der Waals surface area contributed by atoms with Gasteiger partial charge < -0.3 is 15.4 Å². The number of nitrogen functional groups attached to an aromatic ring is 1. The van der Waals surface area contributed by atoms with Gasteiger partial charge in [0.05, 0.1) is 7.11 Å². The van der Waals surface area contributed by atoms with E-state index in [-0.39, 0.29) is 0 Å². The molecule has 100 valence electrons. The van der Waals surface area contributed by atoms with Crippen molar-refractivity contribution in [2.75, 3.05) is 24.8 Å². The van der Waals surface area contributed by atoms with Gasteiger partial charge >= 0.3 is 0 Å². The molecule has 0 bridgehead atoms. The first kappa shape index (κ1) is 13.6. The SMILES string of the molecule is COc1ccc(CN(C)c2ncnc(N)c2Br)cc1. The minimum Gasteiger partial charge on any atom is -0.497 e. The van der Waals surface area contributed by atoms with Crippen LogP contribution in [0.3, 0.4) is 0 Å². The molecule has 0 aliphatic carbocycles. The van der Waals surface area contributed by atoms with Crippen LogP contribution in [0.4, 0.5) is 11.6 Å². The van der Waals surface area contributed by atoms with Crippen molar-refractivity contribution in [3.8, 4) is 5.75 Å². The van der Waals surface area contributed by atoms with Gasteiger partial charge in [-0.1, -0.05) is 12.1 Å². The Morgan fingerprint density at radius 3 is 2.58 bits per heavy atom. The number of aromatic nitrogens is 2. The van der Waals surface area contributed by atoms with E-state index in [9.17, 15) is 0 Å². The van der Waals surface area contributed by atoms with Gasteiger partial charge in [0.25, 0.3) is 0 Å². The van der Waals surface area contributed by atoms with Crippen LogP contribution in [0, 0.1) is 0 Å². The second kappa shape index (κ2) is 5.88. The molecule has 0 atom stereocenters. The fourth-order valence-electron chi connectivity index (χ4n) is 1.72. The molecule has 0 amide bonds. The van der Waals surface area contributed by atoms with E-state index in [0.717, 1.165) is 23.7 Å². The lowest BCUT2D eigenvalue weighted by Crippen LogP contribution is -2.18. The Hall–Kier alpha value is -1.82. The van der Waals surface area contributed by atoms with E-state index < -0.39 is 0 Å². The van der Waals surface area contributed by atoms with Crippen LogP contribution in [0.25, 0.3) is 0 Å². The van der Waals surface area contributed by atoms with Gasteiger partial charge in [-0.15, -0.1) is 0 Å². The van der Waals surface area contributed by atoms with E-state index in [1.165, 1.54) is 6.33 Å². The summed E-state index contributed by atoms with van der Waals surface area (Å²) in [6.07, 6.45) is 1.46. The van der Waals surface area contributed by atoms with E-state index in [2.05, 4.69) is 25.9 Å². The van der Waals surface area contributed by atoms with Crippen LogP contribution in [-0.2, 0) is 6.54 Å². The summed E-state index contributed by atoms with van der Waals surface area (Å²) in [5, 5.41) is 0. The predicted octanol–water partition coefficient (Wildman–Crippen LogP) is 2.47. The van der Waals surface area contributed by atoms with Crippen LogP contribution < -0.4 is 15.4 Å². The highest BCUT2D eigenvalue weighted by atomic mass is 79.9. The summed E-state index contributed by atoms with van der Waals surface area (Å²) in [4.78, 5) is 10.2. The third-order valence-electron chi connectivity index (χ3n) is 2.74. The van der Waals surface area contributed by atoms with Crippen molar-refractivity contribution in [2.45, 2.75) is 6.54 Å². The normalized spacial score (nSPS) is 10.3. The highest BCUT2D eigenvalue weighted by Gasteiger charge is 2.11. The predicted molar refractivity (Wildman–Crippen MR) is 79.2 cm³/mol. The van der Waals surface area contributed by atoms with Crippen molar-refractivity contribution in [2.24, 2.45) is 0 Å². The maximum Gasteiger partial charge on any atom is 0.148 e. The zero-order valence-electron chi connectivity index (χ0n) is 10.8. The number of halogens is 1. The molecule has 2 N–H and O–H groups in total. The lowest BCUT2D eigenvalue weighted by molar-refractivity contribution is 0.414. The molecule has 1 aromatic carbocycles. The van der Waals surface area contributed by atoms with Gasteiger partial charge in [0.2, 0.25) is 0 Å². The molecule has 0 saturated heterocycles. The average Bonchev–Trinajstić information content (AvgIpc) is 2.42. The third kappa shape index (κ3) is 3.14. The molecule has 6 heteroatoms. The zero-order chi connectivity index (χ0) is 13.8. The largest absolute Gasteiger partial charge is 0.497 e. The van der Waals surface area contributed by atoms with Crippen LogP contribution in [0.1, 0.15) is 5.56 Å². The van der Waals surface area contributed by atoms with Gasteiger partial charge in [-0.3, -0.25) is 0 Å². The number of hydrogen-bond acceptors (Lipinski definition) is 5. The molecule has 0 spiro atoms. The molecule has 0 aliphatic rings. The van der Waals surface area contributed by atoms with Crippen LogP contribution in [0.15, 0.2) is 35.1 Å². The summed E-state index contributed by atoms with van der Waals surface area (Å²) in [6.45, 7) is 0.721. The molecule has 1 aromatic heterocycles. The molecule has 19 heavy (non-hydrogen) atoms. The number of hydrogen-bond donors (Lipinski definition) is 1. The molecule has 0 saturated carbocycles. The Morgan fingerprint density at radius 1 is 1.26 bits per heavy atom. The van der Waals surface area contributed by atoms with Crippen molar-refractivity contribution in [1.29, 1.82) is 0 Å². The minimum absolute atomic E-state index is 0.437. The maximum atomic E-state index is 5.75. The summed E-state index contributed by atoms with van der Waals surface area (Å²) in [5.74, 6) is 2.05. The maximum absolute atomic E-state index is 5.75. The topological polar surface area (TPSA) is 64.3 Å². The van der Waals surface area contributed by atoms with Crippen molar-refractivity contribution < 1.29 is 4.74 Å². The molecule has 0 fully saturated rings. The number of methoxy groups -OCH3 is 1. The quantitative estimate of drug-likeness (QED) is 0.936. The number of benzene rings is 1. The number of nitrogens with two attached hydrogens (primary N) is 1. The lowest BCUT2D eigenvalue weighted by Gasteiger charge is -2.19. The van der Waals surface area contributed by atoms with Crippen molar-refractivity contribution in [3.05, 3.63) is 40.6 Å². The van der Waals surface area contributed by atoms with Crippen molar-refractivity contribution in [3.63, 3.8) is 0 Å². The van der Waals surface area contributed by atoms with E-state index in [4.69, 9.17) is 10.5 Å². The van der Waals surface area contributed by atoms with Crippen LogP contribution >= 0.6 is 15.9 Å². The lowest BCUT2D eigenvalue weighted by atomic mass is 10.2. The Bertz CT molecular complexity index is 559. The van der Waals surface area contributed by atoms with Gasteiger partial charge in [-0.05, 0) is 33.6 Å². The first-order valence-electron chi connectivity index (χ1n) is 5.72. The van der Waals surface area contributed by atoms with Gasteiger partial charge in [-0.25, -0.2) is 9.97 Å².